The van der Waals surface area contributed by atoms with Crippen LogP contribution in [0.25, 0.3) is 10.9 Å². The summed E-state index contributed by atoms with van der Waals surface area (Å²) >= 11 is 0. The Kier molecular flexibility index (Phi) is 5.46. The van der Waals surface area contributed by atoms with Crippen LogP contribution in [0.4, 0.5) is 0 Å². The molecule has 1 aromatic heterocycles. The van der Waals surface area contributed by atoms with Crippen molar-refractivity contribution in [3.63, 3.8) is 0 Å². The fourth-order valence-electron chi connectivity index (χ4n) is 3.06. The zero-order valence-corrected chi connectivity index (χ0v) is 15.1. The monoisotopic (exact) mass is 349 g/mol. The van der Waals surface area contributed by atoms with Crippen LogP contribution in [0.15, 0.2) is 59.4 Å². The maximum absolute atomic E-state index is 12.7. The van der Waals surface area contributed by atoms with Gasteiger partial charge in [0.2, 0.25) is 5.91 Å². The number of rotatable bonds is 6. The van der Waals surface area contributed by atoms with Crippen LogP contribution in [-0.2, 0) is 11.3 Å². The zero-order chi connectivity index (χ0) is 18.5. The second-order valence-corrected chi connectivity index (χ2v) is 6.45. The van der Waals surface area contributed by atoms with E-state index in [0.29, 0.717) is 36.2 Å². The second kappa shape index (κ2) is 7.95. The molecule has 0 aliphatic heterocycles. The zero-order valence-electron chi connectivity index (χ0n) is 15.1. The predicted octanol–water partition coefficient (Wildman–Crippen LogP) is 3.47. The molecule has 26 heavy (non-hydrogen) atoms. The molecule has 0 saturated carbocycles. The van der Waals surface area contributed by atoms with E-state index in [1.165, 1.54) is 0 Å². The van der Waals surface area contributed by atoms with Gasteiger partial charge in [0.05, 0.1) is 17.4 Å². The van der Waals surface area contributed by atoms with Crippen molar-refractivity contribution in [1.82, 2.24) is 14.9 Å². The number of carbonyl (C=O) groups excluding carboxylic acids is 1. The summed E-state index contributed by atoms with van der Waals surface area (Å²) in [5, 5.41) is 0.559. The maximum Gasteiger partial charge on any atom is 0.258 e. The van der Waals surface area contributed by atoms with Crippen LogP contribution in [0.5, 0.6) is 0 Å². The number of nitrogens with one attached hydrogen (secondary N) is 1. The predicted molar refractivity (Wildman–Crippen MR) is 103 cm³/mol. The summed E-state index contributed by atoms with van der Waals surface area (Å²) in [6, 6.07) is 17.2. The van der Waals surface area contributed by atoms with E-state index in [1.54, 1.807) is 11.0 Å². The van der Waals surface area contributed by atoms with Crippen molar-refractivity contribution < 1.29 is 4.79 Å². The summed E-state index contributed by atoms with van der Waals surface area (Å²) in [6.07, 6.45) is 0.426. The average molecular weight is 349 g/mol. The first kappa shape index (κ1) is 17.9. The molecule has 134 valence electrons. The molecule has 5 heteroatoms. The van der Waals surface area contributed by atoms with Crippen LogP contribution in [0.2, 0.25) is 0 Å². The van der Waals surface area contributed by atoms with Gasteiger partial charge >= 0.3 is 0 Å². The lowest BCUT2D eigenvalue weighted by Gasteiger charge is -2.22. The first-order valence-corrected chi connectivity index (χ1v) is 8.89. The van der Waals surface area contributed by atoms with Crippen molar-refractivity contribution in [2.45, 2.75) is 32.7 Å². The van der Waals surface area contributed by atoms with Crippen molar-refractivity contribution in [3.8, 4) is 0 Å². The van der Waals surface area contributed by atoms with Gasteiger partial charge in [0.1, 0.15) is 5.82 Å². The van der Waals surface area contributed by atoms with Gasteiger partial charge in [-0.3, -0.25) is 9.59 Å². The van der Waals surface area contributed by atoms with E-state index in [4.69, 9.17) is 0 Å². The maximum atomic E-state index is 12.7. The molecule has 0 saturated heterocycles. The molecule has 1 amide bonds. The molecule has 0 fully saturated rings. The molecule has 3 rings (SSSR count). The Morgan fingerprint density at radius 3 is 2.54 bits per heavy atom. The highest BCUT2D eigenvalue weighted by molar-refractivity contribution is 5.78. The van der Waals surface area contributed by atoms with Crippen molar-refractivity contribution in [2.75, 3.05) is 6.54 Å². The summed E-state index contributed by atoms with van der Waals surface area (Å²) in [5.41, 5.74) is 1.62. The highest BCUT2D eigenvalue weighted by Gasteiger charge is 2.18. The van der Waals surface area contributed by atoms with Crippen LogP contribution in [-0.4, -0.2) is 27.3 Å². The number of aromatic amines is 1. The molecule has 3 aromatic rings. The highest BCUT2D eigenvalue weighted by Crippen LogP contribution is 2.20. The van der Waals surface area contributed by atoms with E-state index in [2.05, 4.69) is 16.9 Å². The van der Waals surface area contributed by atoms with Crippen LogP contribution >= 0.6 is 0 Å². The minimum absolute atomic E-state index is 0.0552. The van der Waals surface area contributed by atoms with E-state index in [0.717, 1.165) is 5.56 Å². The largest absolute Gasteiger partial charge is 0.335 e. The first-order valence-electron chi connectivity index (χ1n) is 8.89. The van der Waals surface area contributed by atoms with Crippen molar-refractivity contribution in [1.29, 1.82) is 0 Å². The Labute approximate surface area is 152 Å². The third kappa shape index (κ3) is 3.99. The van der Waals surface area contributed by atoms with E-state index < -0.39 is 0 Å². The molecule has 2 aromatic carbocycles. The standard InChI is InChI=1S/C21H23N3O2/c1-3-24(20(25)13-15(2)16-9-5-4-6-10-16)14-19-22-18-12-8-7-11-17(18)21(26)23-19/h4-12,15H,3,13-14H2,1-2H3,(H,22,23,26)/t15-/m1/s1. The lowest BCUT2D eigenvalue weighted by molar-refractivity contribution is -0.132. The molecule has 0 aliphatic carbocycles. The number of amides is 1. The number of nitrogens with zero attached hydrogens (tertiary/aromatic N) is 2. The fraction of sp³-hybridized carbons (Fsp3) is 0.286. The normalized spacial score (nSPS) is 12.1. The molecule has 0 radical (unpaired) electrons. The number of aromatic nitrogens is 2. The molecule has 1 N–H and O–H groups in total. The number of fused-ring (bicyclic) bond motifs is 1. The van der Waals surface area contributed by atoms with Crippen LogP contribution in [0.1, 0.15) is 37.6 Å². The number of carbonyl (C=O) groups is 1. The lowest BCUT2D eigenvalue weighted by Crippen LogP contribution is -2.32. The van der Waals surface area contributed by atoms with Crippen LogP contribution in [0.3, 0.4) is 0 Å². The molecule has 1 atom stereocenters. The van der Waals surface area contributed by atoms with Gasteiger partial charge < -0.3 is 9.88 Å². The minimum Gasteiger partial charge on any atom is -0.335 e. The molecular weight excluding hydrogens is 326 g/mol. The third-order valence-electron chi connectivity index (χ3n) is 4.59. The third-order valence-corrected chi connectivity index (χ3v) is 4.59. The van der Waals surface area contributed by atoms with Crippen molar-refractivity contribution in [2.24, 2.45) is 0 Å². The Morgan fingerprint density at radius 1 is 1.12 bits per heavy atom. The summed E-state index contributed by atoms with van der Waals surface area (Å²) in [5.74, 6) is 0.706. The Morgan fingerprint density at radius 2 is 1.81 bits per heavy atom. The Balaban J connectivity index is 1.75. The first-order chi connectivity index (χ1) is 12.6. The number of para-hydroxylation sites is 1. The van der Waals surface area contributed by atoms with E-state index in [9.17, 15) is 9.59 Å². The number of hydrogen-bond donors (Lipinski definition) is 1. The second-order valence-electron chi connectivity index (χ2n) is 6.45. The summed E-state index contributed by atoms with van der Waals surface area (Å²) in [4.78, 5) is 33.9. The summed E-state index contributed by atoms with van der Waals surface area (Å²) < 4.78 is 0. The lowest BCUT2D eigenvalue weighted by atomic mass is 9.97. The Hall–Kier alpha value is -2.95. The Bertz CT molecular complexity index is 950. The van der Waals surface area contributed by atoms with Crippen LogP contribution in [0, 0.1) is 0 Å². The topological polar surface area (TPSA) is 66.1 Å². The molecule has 1 heterocycles. The smallest absolute Gasteiger partial charge is 0.258 e. The average Bonchev–Trinajstić information content (AvgIpc) is 2.66. The molecule has 0 aliphatic rings. The fourth-order valence-corrected chi connectivity index (χ4v) is 3.06. The van der Waals surface area contributed by atoms with E-state index in [1.807, 2.05) is 55.5 Å². The van der Waals surface area contributed by atoms with E-state index >= 15 is 0 Å². The number of benzene rings is 2. The van der Waals surface area contributed by atoms with Gasteiger partial charge in [-0.05, 0) is 30.5 Å². The quantitative estimate of drug-likeness (QED) is 0.741. The SMILES string of the molecule is CCN(Cc1nc2ccccc2c(=O)[nH]1)C(=O)C[C@@H](C)c1ccccc1. The van der Waals surface area contributed by atoms with Gasteiger partial charge in [-0.25, -0.2) is 4.98 Å². The molecule has 5 nitrogen and oxygen atoms in total. The van der Waals surface area contributed by atoms with Crippen molar-refractivity contribution >= 4 is 16.8 Å². The van der Waals surface area contributed by atoms with Crippen molar-refractivity contribution in [3.05, 3.63) is 76.3 Å². The van der Waals surface area contributed by atoms with Gasteiger partial charge in [0.15, 0.2) is 0 Å². The molecule has 0 unspecified atom stereocenters. The number of hydrogen-bond acceptors (Lipinski definition) is 3. The van der Waals surface area contributed by atoms with Gasteiger partial charge in [-0.2, -0.15) is 0 Å². The summed E-state index contributed by atoms with van der Waals surface area (Å²) in [7, 11) is 0. The molecular formula is C21H23N3O2. The van der Waals surface area contributed by atoms with Crippen LogP contribution < -0.4 is 5.56 Å². The van der Waals surface area contributed by atoms with Gasteiger partial charge in [-0.15, -0.1) is 0 Å². The highest BCUT2D eigenvalue weighted by atomic mass is 16.2. The van der Waals surface area contributed by atoms with Gasteiger partial charge in [0.25, 0.3) is 5.56 Å². The van der Waals surface area contributed by atoms with Gasteiger partial charge in [0, 0.05) is 13.0 Å². The van der Waals surface area contributed by atoms with E-state index in [-0.39, 0.29) is 17.4 Å². The minimum atomic E-state index is -0.174. The van der Waals surface area contributed by atoms with Gasteiger partial charge in [-0.1, -0.05) is 49.4 Å². The summed E-state index contributed by atoms with van der Waals surface area (Å²) in [6.45, 7) is 4.86. The molecule has 0 bridgehead atoms. The number of H-pyrrole nitrogens is 1. The molecule has 0 spiro atoms.